The van der Waals surface area contributed by atoms with Crippen LogP contribution in [0.4, 0.5) is 0 Å². The Kier molecular flexibility index (Phi) is 5.46. The van der Waals surface area contributed by atoms with Gasteiger partial charge in [0.2, 0.25) is 5.91 Å². The third kappa shape index (κ3) is 4.73. The van der Waals surface area contributed by atoms with Crippen LogP contribution < -0.4 is 5.32 Å². The van der Waals surface area contributed by atoms with Gasteiger partial charge in [0.1, 0.15) is 11.5 Å². The third-order valence-corrected chi connectivity index (χ3v) is 4.37. The van der Waals surface area contributed by atoms with E-state index in [0.29, 0.717) is 12.3 Å². The van der Waals surface area contributed by atoms with E-state index >= 15 is 0 Å². The average molecular weight is 304 g/mol. The van der Waals surface area contributed by atoms with Crippen LogP contribution in [0.25, 0.3) is 6.08 Å². The minimum Gasteiger partial charge on any atom is -0.462 e. The number of aryl methyl sites for hydroxylation is 1. The molecule has 1 unspecified atom stereocenters. The predicted molar refractivity (Wildman–Crippen MR) is 89.5 cm³/mol. The standard InChI is InChI=1S/C18H28N2O2/c1-14-6-5-11-20(12-14)18(3,4)13-19-17(21)10-9-16-8-7-15(2)22-16/h7-10,14H,5-6,11-13H2,1-4H3,(H,19,21). The molecule has 1 aromatic heterocycles. The Morgan fingerprint density at radius 1 is 1.50 bits per heavy atom. The number of nitrogens with zero attached hydrogens (tertiary/aromatic N) is 1. The van der Waals surface area contributed by atoms with E-state index in [9.17, 15) is 4.79 Å². The van der Waals surface area contributed by atoms with Gasteiger partial charge in [-0.15, -0.1) is 0 Å². The Hall–Kier alpha value is -1.55. The van der Waals surface area contributed by atoms with Crippen molar-refractivity contribution >= 4 is 12.0 Å². The maximum Gasteiger partial charge on any atom is 0.244 e. The number of rotatable bonds is 5. The first-order valence-corrected chi connectivity index (χ1v) is 8.14. The van der Waals surface area contributed by atoms with Crippen molar-refractivity contribution < 1.29 is 9.21 Å². The summed E-state index contributed by atoms with van der Waals surface area (Å²) in [6.07, 6.45) is 5.80. The summed E-state index contributed by atoms with van der Waals surface area (Å²) in [7, 11) is 0. The van der Waals surface area contributed by atoms with E-state index in [4.69, 9.17) is 4.42 Å². The Balaban J connectivity index is 1.82. The zero-order valence-electron chi connectivity index (χ0n) is 14.2. The molecular formula is C18H28N2O2. The molecule has 0 aromatic carbocycles. The van der Waals surface area contributed by atoms with E-state index in [0.717, 1.165) is 24.8 Å². The van der Waals surface area contributed by atoms with Gasteiger partial charge in [0.25, 0.3) is 0 Å². The largest absolute Gasteiger partial charge is 0.462 e. The lowest BCUT2D eigenvalue weighted by Gasteiger charge is -2.43. The molecule has 0 radical (unpaired) electrons. The number of likely N-dealkylation sites (tertiary alicyclic amines) is 1. The quantitative estimate of drug-likeness (QED) is 0.850. The number of hydrogen-bond donors (Lipinski definition) is 1. The van der Waals surface area contributed by atoms with E-state index < -0.39 is 0 Å². The van der Waals surface area contributed by atoms with E-state index in [-0.39, 0.29) is 11.4 Å². The molecule has 1 aliphatic rings. The maximum atomic E-state index is 12.0. The van der Waals surface area contributed by atoms with Crippen LogP contribution in [0.1, 0.15) is 45.1 Å². The number of piperidine rings is 1. The molecule has 0 spiro atoms. The molecule has 0 bridgehead atoms. The van der Waals surface area contributed by atoms with Crippen molar-refractivity contribution in [3.8, 4) is 0 Å². The highest BCUT2D eigenvalue weighted by molar-refractivity contribution is 5.91. The topological polar surface area (TPSA) is 45.5 Å². The molecule has 2 heterocycles. The molecule has 4 nitrogen and oxygen atoms in total. The average Bonchev–Trinajstić information content (AvgIpc) is 2.89. The van der Waals surface area contributed by atoms with Crippen LogP contribution in [0.5, 0.6) is 0 Å². The third-order valence-electron chi connectivity index (χ3n) is 4.37. The van der Waals surface area contributed by atoms with Crippen LogP contribution >= 0.6 is 0 Å². The predicted octanol–water partition coefficient (Wildman–Crippen LogP) is 3.23. The fourth-order valence-electron chi connectivity index (χ4n) is 2.91. The highest BCUT2D eigenvalue weighted by atomic mass is 16.3. The molecule has 1 N–H and O–H groups in total. The molecular weight excluding hydrogens is 276 g/mol. The second-order valence-corrected chi connectivity index (χ2v) is 7.01. The van der Waals surface area contributed by atoms with Gasteiger partial charge in [-0.2, -0.15) is 0 Å². The second-order valence-electron chi connectivity index (χ2n) is 7.01. The van der Waals surface area contributed by atoms with Crippen molar-refractivity contribution in [3.05, 3.63) is 29.7 Å². The van der Waals surface area contributed by atoms with Crippen LogP contribution in [0.15, 0.2) is 22.6 Å². The Labute approximate surface area is 133 Å². The molecule has 1 aliphatic heterocycles. The Bertz CT molecular complexity index is 531. The summed E-state index contributed by atoms with van der Waals surface area (Å²) < 4.78 is 5.41. The number of carbonyl (C=O) groups excluding carboxylic acids is 1. The van der Waals surface area contributed by atoms with Crippen LogP contribution in [-0.2, 0) is 4.79 Å². The fourth-order valence-corrected chi connectivity index (χ4v) is 2.91. The first-order valence-electron chi connectivity index (χ1n) is 8.14. The first kappa shape index (κ1) is 16.8. The minimum atomic E-state index is -0.0767. The van der Waals surface area contributed by atoms with Crippen molar-refractivity contribution in [2.45, 2.75) is 46.1 Å². The monoisotopic (exact) mass is 304 g/mol. The summed E-state index contributed by atoms with van der Waals surface area (Å²) in [5.74, 6) is 2.22. The molecule has 1 atom stereocenters. The Morgan fingerprint density at radius 3 is 2.91 bits per heavy atom. The summed E-state index contributed by atoms with van der Waals surface area (Å²) in [5.41, 5.74) is -0.0144. The van der Waals surface area contributed by atoms with Crippen molar-refractivity contribution in [1.82, 2.24) is 10.2 Å². The van der Waals surface area contributed by atoms with Gasteiger partial charge in [0.05, 0.1) is 0 Å². The SMILES string of the molecule is Cc1ccc(C=CC(=O)NCC(C)(C)N2CCCC(C)C2)o1. The van der Waals surface area contributed by atoms with E-state index in [1.165, 1.54) is 18.9 Å². The second kappa shape index (κ2) is 7.14. The molecule has 1 amide bonds. The van der Waals surface area contributed by atoms with E-state index in [2.05, 4.69) is 31.0 Å². The molecule has 1 saturated heterocycles. The van der Waals surface area contributed by atoms with Crippen molar-refractivity contribution in [2.24, 2.45) is 5.92 Å². The van der Waals surface area contributed by atoms with Gasteiger partial charge in [0, 0.05) is 24.7 Å². The lowest BCUT2D eigenvalue weighted by molar-refractivity contribution is -0.117. The van der Waals surface area contributed by atoms with Gasteiger partial charge in [-0.05, 0) is 64.3 Å². The number of carbonyl (C=O) groups is 1. The van der Waals surface area contributed by atoms with Crippen molar-refractivity contribution in [2.75, 3.05) is 19.6 Å². The lowest BCUT2D eigenvalue weighted by Crippen LogP contribution is -2.54. The highest BCUT2D eigenvalue weighted by Gasteiger charge is 2.30. The fraction of sp³-hybridized carbons (Fsp3) is 0.611. The number of hydrogen-bond acceptors (Lipinski definition) is 3. The Morgan fingerprint density at radius 2 is 2.27 bits per heavy atom. The number of furan rings is 1. The van der Waals surface area contributed by atoms with Crippen molar-refractivity contribution in [1.29, 1.82) is 0 Å². The minimum absolute atomic E-state index is 0.0144. The molecule has 122 valence electrons. The van der Waals surface area contributed by atoms with Gasteiger partial charge < -0.3 is 9.73 Å². The summed E-state index contributed by atoms with van der Waals surface area (Å²) in [5, 5.41) is 3.00. The van der Waals surface area contributed by atoms with Gasteiger partial charge in [0.15, 0.2) is 0 Å². The van der Waals surface area contributed by atoms with Crippen LogP contribution in [-0.4, -0.2) is 36.0 Å². The van der Waals surface area contributed by atoms with Gasteiger partial charge in [-0.3, -0.25) is 9.69 Å². The van der Waals surface area contributed by atoms with E-state index in [1.54, 1.807) is 6.08 Å². The normalized spacial score (nSPS) is 20.5. The maximum absolute atomic E-state index is 12.0. The highest BCUT2D eigenvalue weighted by Crippen LogP contribution is 2.23. The summed E-state index contributed by atoms with van der Waals surface area (Å²) in [6.45, 7) is 11.5. The first-order chi connectivity index (χ1) is 10.4. The van der Waals surface area contributed by atoms with Gasteiger partial charge in [-0.25, -0.2) is 0 Å². The molecule has 4 heteroatoms. The van der Waals surface area contributed by atoms with Crippen LogP contribution in [0, 0.1) is 12.8 Å². The van der Waals surface area contributed by atoms with Crippen molar-refractivity contribution in [3.63, 3.8) is 0 Å². The van der Waals surface area contributed by atoms with Gasteiger partial charge in [-0.1, -0.05) is 6.92 Å². The zero-order valence-corrected chi connectivity index (χ0v) is 14.2. The molecule has 2 rings (SSSR count). The molecule has 1 fully saturated rings. The summed E-state index contributed by atoms with van der Waals surface area (Å²) >= 11 is 0. The lowest BCUT2D eigenvalue weighted by atomic mass is 9.93. The summed E-state index contributed by atoms with van der Waals surface area (Å²) in [4.78, 5) is 14.4. The number of nitrogens with one attached hydrogen (secondary N) is 1. The molecule has 0 saturated carbocycles. The van der Waals surface area contributed by atoms with Gasteiger partial charge >= 0.3 is 0 Å². The smallest absolute Gasteiger partial charge is 0.244 e. The molecule has 22 heavy (non-hydrogen) atoms. The molecule has 0 aliphatic carbocycles. The number of amides is 1. The summed E-state index contributed by atoms with van der Waals surface area (Å²) in [6, 6.07) is 3.75. The van der Waals surface area contributed by atoms with Crippen LogP contribution in [0.3, 0.4) is 0 Å². The zero-order chi connectivity index (χ0) is 16.2. The van der Waals surface area contributed by atoms with Crippen LogP contribution in [0.2, 0.25) is 0 Å². The van der Waals surface area contributed by atoms with E-state index in [1.807, 2.05) is 19.1 Å². The molecule has 1 aromatic rings.